The summed E-state index contributed by atoms with van der Waals surface area (Å²) >= 11 is 0. The van der Waals surface area contributed by atoms with E-state index in [0.29, 0.717) is 41.4 Å². The molecule has 0 saturated carbocycles. The highest BCUT2D eigenvalue weighted by molar-refractivity contribution is 6.11. The van der Waals surface area contributed by atoms with E-state index >= 15 is 0 Å². The Morgan fingerprint density at radius 1 is 1.30 bits per heavy atom. The van der Waals surface area contributed by atoms with Crippen molar-refractivity contribution in [1.82, 2.24) is 9.55 Å². The van der Waals surface area contributed by atoms with Crippen molar-refractivity contribution < 1.29 is 19.4 Å². The summed E-state index contributed by atoms with van der Waals surface area (Å²) in [5, 5.41) is 10.8. The molecule has 3 aromatic rings. The number of aryl methyl sites for hydroxylation is 2. The molecule has 0 spiro atoms. The first-order valence-corrected chi connectivity index (χ1v) is 9.53. The number of phenolic OH excluding ortho intramolecular Hbond substituents is 1. The first-order valence-electron chi connectivity index (χ1n) is 9.53. The Kier molecular flexibility index (Phi) is 4.59. The van der Waals surface area contributed by atoms with Crippen molar-refractivity contribution in [2.75, 3.05) is 25.6 Å². The number of carbonyl (C=O) groups excluding carboxylic acids is 1. The maximum atomic E-state index is 12.2. The van der Waals surface area contributed by atoms with Gasteiger partial charge < -0.3 is 31.8 Å². The fourth-order valence-corrected chi connectivity index (χ4v) is 3.77. The monoisotopic (exact) mass is 411 g/mol. The van der Waals surface area contributed by atoms with Crippen molar-refractivity contribution in [1.29, 1.82) is 0 Å². The zero-order valence-electron chi connectivity index (χ0n) is 17.2. The summed E-state index contributed by atoms with van der Waals surface area (Å²) in [6.07, 6.45) is 0. The molecule has 1 saturated heterocycles. The molecule has 7 N–H and O–H groups in total. The molecule has 9 nitrogen and oxygen atoms in total. The van der Waals surface area contributed by atoms with Crippen LogP contribution in [0.4, 0.5) is 5.82 Å². The number of benzene rings is 1. The summed E-state index contributed by atoms with van der Waals surface area (Å²) in [7, 11) is 0. The average molecular weight is 411 g/mol. The number of hydrogen-bond donors (Lipinski definition) is 4. The molecule has 0 unspecified atom stereocenters. The molecule has 0 bridgehead atoms. The van der Waals surface area contributed by atoms with E-state index in [1.54, 1.807) is 29.7 Å². The normalized spacial score (nSPS) is 15.2. The fraction of sp³-hybridized carbons (Fsp3) is 0.333. The molecule has 2 aromatic heterocycles. The summed E-state index contributed by atoms with van der Waals surface area (Å²) in [6.45, 7) is 6.57. The second-order valence-electron chi connectivity index (χ2n) is 7.96. The van der Waals surface area contributed by atoms with Crippen molar-refractivity contribution in [2.24, 2.45) is 11.5 Å². The molecular formula is C21H25N5O4. The predicted molar refractivity (Wildman–Crippen MR) is 113 cm³/mol. The van der Waals surface area contributed by atoms with Gasteiger partial charge in [-0.15, -0.1) is 0 Å². The van der Waals surface area contributed by atoms with Crippen LogP contribution in [0.2, 0.25) is 0 Å². The molecule has 30 heavy (non-hydrogen) atoms. The average Bonchev–Trinajstić information content (AvgIpc) is 2.93. The van der Waals surface area contributed by atoms with Crippen molar-refractivity contribution >= 4 is 22.8 Å². The Hall–Kier alpha value is -3.30. The van der Waals surface area contributed by atoms with Crippen LogP contribution in [-0.2, 0) is 4.74 Å². The van der Waals surface area contributed by atoms with Crippen molar-refractivity contribution in [3.05, 3.63) is 40.5 Å². The fourth-order valence-electron chi connectivity index (χ4n) is 3.77. The molecule has 0 aliphatic carbocycles. The molecule has 0 atom stereocenters. The lowest BCUT2D eigenvalue weighted by Gasteiger charge is -2.37. The minimum Gasteiger partial charge on any atom is -0.508 e. The zero-order valence-corrected chi connectivity index (χ0v) is 17.2. The zero-order chi connectivity index (χ0) is 21.8. The lowest BCUT2D eigenvalue weighted by atomic mass is 10.0. The van der Waals surface area contributed by atoms with E-state index in [1.165, 1.54) is 0 Å². The number of ether oxygens (including phenoxy) is 2. The van der Waals surface area contributed by atoms with E-state index in [0.717, 1.165) is 11.1 Å². The van der Waals surface area contributed by atoms with Gasteiger partial charge in [0, 0.05) is 16.5 Å². The standard InChI is InChI=1S/C21H25N5O4/c1-10-4-5-14(27)12(3)16(10)26-17(22)15(18(23)28)13-6-11(2)20(25-19(13)26)30-9-21(24)7-29-8-21/h4-6,27H,7-9,22,24H2,1-3H3,(H2,23,28). The van der Waals surface area contributed by atoms with Crippen LogP contribution in [0.5, 0.6) is 11.6 Å². The van der Waals surface area contributed by atoms with Gasteiger partial charge in [0.15, 0.2) is 5.65 Å². The number of primary amides is 1. The van der Waals surface area contributed by atoms with E-state index in [-0.39, 0.29) is 23.7 Å². The first-order chi connectivity index (χ1) is 14.1. The van der Waals surface area contributed by atoms with E-state index in [2.05, 4.69) is 4.98 Å². The largest absolute Gasteiger partial charge is 0.508 e. The number of hydrogen-bond acceptors (Lipinski definition) is 7. The minimum atomic E-state index is -0.658. The number of amides is 1. The van der Waals surface area contributed by atoms with Gasteiger partial charge in [0.25, 0.3) is 5.91 Å². The van der Waals surface area contributed by atoms with Gasteiger partial charge in [0.1, 0.15) is 18.2 Å². The number of anilines is 1. The third-order valence-corrected chi connectivity index (χ3v) is 5.47. The van der Waals surface area contributed by atoms with Gasteiger partial charge in [-0.25, -0.2) is 0 Å². The number of pyridine rings is 1. The van der Waals surface area contributed by atoms with Crippen molar-refractivity contribution in [3.63, 3.8) is 0 Å². The van der Waals surface area contributed by atoms with Crippen LogP contribution >= 0.6 is 0 Å². The maximum Gasteiger partial charge on any atom is 0.253 e. The number of fused-ring (bicyclic) bond motifs is 1. The van der Waals surface area contributed by atoms with Crippen molar-refractivity contribution in [3.8, 4) is 17.3 Å². The molecule has 1 aromatic carbocycles. The number of aromatic hydroxyl groups is 1. The van der Waals surface area contributed by atoms with E-state index in [4.69, 9.17) is 26.7 Å². The Labute approximate surface area is 173 Å². The van der Waals surface area contributed by atoms with Gasteiger partial charge >= 0.3 is 0 Å². The van der Waals surface area contributed by atoms with Gasteiger partial charge in [-0.2, -0.15) is 4.98 Å². The van der Waals surface area contributed by atoms with Crippen LogP contribution in [0.25, 0.3) is 16.7 Å². The van der Waals surface area contributed by atoms with Crippen LogP contribution < -0.4 is 21.9 Å². The smallest absolute Gasteiger partial charge is 0.253 e. The molecule has 9 heteroatoms. The molecule has 1 aliphatic rings. The highest BCUT2D eigenvalue weighted by Gasteiger charge is 2.35. The molecule has 1 fully saturated rings. The SMILES string of the molecule is Cc1cc2c(C(N)=O)c(N)n(-c3c(C)ccc(O)c3C)c2nc1OCC1(N)COC1. The quantitative estimate of drug-likeness (QED) is 0.496. The number of nitrogen functional groups attached to an aromatic ring is 1. The van der Waals surface area contributed by atoms with Gasteiger partial charge in [0.05, 0.1) is 30.0 Å². The third kappa shape index (κ3) is 3.03. The summed E-state index contributed by atoms with van der Waals surface area (Å²) in [6, 6.07) is 5.16. The second kappa shape index (κ2) is 6.89. The van der Waals surface area contributed by atoms with Gasteiger partial charge in [-0.05, 0) is 38.5 Å². The Balaban J connectivity index is 1.95. The molecule has 158 valence electrons. The Morgan fingerprint density at radius 3 is 2.60 bits per heavy atom. The van der Waals surface area contributed by atoms with E-state index < -0.39 is 11.4 Å². The lowest BCUT2D eigenvalue weighted by molar-refractivity contribution is -0.0728. The van der Waals surface area contributed by atoms with Crippen LogP contribution in [0, 0.1) is 20.8 Å². The van der Waals surface area contributed by atoms with Crippen LogP contribution in [0.1, 0.15) is 27.0 Å². The summed E-state index contributed by atoms with van der Waals surface area (Å²) in [4.78, 5) is 16.9. The number of aromatic nitrogens is 2. The van der Waals surface area contributed by atoms with Gasteiger partial charge in [-0.1, -0.05) is 6.07 Å². The summed E-state index contributed by atoms with van der Waals surface area (Å²) in [5.41, 5.74) is 21.0. The molecule has 3 heterocycles. The topological polar surface area (TPSA) is 152 Å². The first kappa shape index (κ1) is 20.0. The number of carbonyl (C=O) groups is 1. The number of rotatable bonds is 5. The van der Waals surface area contributed by atoms with Crippen LogP contribution in [0.15, 0.2) is 18.2 Å². The highest BCUT2D eigenvalue weighted by atomic mass is 16.5. The summed E-state index contributed by atoms with van der Waals surface area (Å²) < 4.78 is 12.7. The second-order valence-corrected chi connectivity index (χ2v) is 7.96. The minimum absolute atomic E-state index is 0.108. The van der Waals surface area contributed by atoms with Crippen molar-refractivity contribution in [2.45, 2.75) is 26.3 Å². The molecular weight excluding hydrogens is 386 g/mol. The molecule has 1 amide bonds. The third-order valence-electron chi connectivity index (χ3n) is 5.47. The Morgan fingerprint density at radius 2 is 2.00 bits per heavy atom. The van der Waals surface area contributed by atoms with Gasteiger partial charge in [-0.3, -0.25) is 9.36 Å². The van der Waals surface area contributed by atoms with Crippen LogP contribution in [-0.4, -0.2) is 45.9 Å². The number of nitrogens with zero attached hydrogens (tertiary/aromatic N) is 2. The lowest BCUT2D eigenvalue weighted by Crippen LogP contribution is -2.61. The molecule has 1 aliphatic heterocycles. The number of phenols is 1. The summed E-state index contributed by atoms with van der Waals surface area (Å²) in [5.74, 6) is -0.0179. The Bertz CT molecular complexity index is 1180. The highest BCUT2D eigenvalue weighted by Crippen LogP contribution is 2.37. The molecule has 4 rings (SSSR count). The van der Waals surface area contributed by atoms with E-state index in [1.807, 2.05) is 13.8 Å². The number of nitrogens with two attached hydrogens (primary N) is 3. The van der Waals surface area contributed by atoms with Crippen LogP contribution in [0.3, 0.4) is 0 Å². The molecule has 0 radical (unpaired) electrons. The predicted octanol–water partition coefficient (Wildman–Crippen LogP) is 1.44. The maximum absolute atomic E-state index is 12.2. The van der Waals surface area contributed by atoms with E-state index in [9.17, 15) is 9.90 Å². The van der Waals surface area contributed by atoms with Gasteiger partial charge in [0.2, 0.25) is 5.88 Å².